The summed E-state index contributed by atoms with van der Waals surface area (Å²) in [6, 6.07) is 0.417. The van der Waals surface area contributed by atoms with Crippen LogP contribution in [0.25, 0.3) is 0 Å². The van der Waals surface area contributed by atoms with Gasteiger partial charge in [-0.2, -0.15) is 5.10 Å². The second-order valence-electron chi connectivity index (χ2n) is 3.76. The molecule has 1 saturated carbocycles. The molecule has 1 aliphatic carbocycles. The van der Waals surface area contributed by atoms with Crippen molar-refractivity contribution >= 4 is 0 Å². The van der Waals surface area contributed by atoms with Gasteiger partial charge in [-0.05, 0) is 24.8 Å². The first-order valence-corrected chi connectivity index (χ1v) is 4.65. The average molecular weight is 177 g/mol. The Labute approximate surface area is 78.2 Å². The molecule has 0 aromatic carbocycles. The topological polar surface area (TPSA) is 43.8 Å². The molecule has 0 spiro atoms. The molecule has 3 heteroatoms. The van der Waals surface area contributed by atoms with Gasteiger partial charge in [-0.1, -0.05) is 11.6 Å². The van der Waals surface area contributed by atoms with Gasteiger partial charge in [0.25, 0.3) is 0 Å². The molecule has 3 nitrogen and oxygen atoms in total. The van der Waals surface area contributed by atoms with Crippen LogP contribution in [0, 0.1) is 0 Å². The van der Waals surface area contributed by atoms with Crippen molar-refractivity contribution in [1.29, 1.82) is 0 Å². The molecule has 2 rings (SSSR count). The predicted molar refractivity (Wildman–Crippen MR) is 52.2 cm³/mol. The minimum atomic E-state index is 0.417. The van der Waals surface area contributed by atoms with Gasteiger partial charge in [0.05, 0.1) is 6.20 Å². The van der Waals surface area contributed by atoms with Crippen LogP contribution in [0.2, 0.25) is 0 Å². The van der Waals surface area contributed by atoms with Gasteiger partial charge in [0.15, 0.2) is 0 Å². The predicted octanol–water partition coefficient (Wildman–Crippen LogP) is 1.01. The number of aryl methyl sites for hydroxylation is 1. The summed E-state index contributed by atoms with van der Waals surface area (Å²) in [5.74, 6) is 0. The normalized spacial score (nSPS) is 21.4. The Hall–Kier alpha value is -1.09. The van der Waals surface area contributed by atoms with E-state index in [-0.39, 0.29) is 0 Å². The van der Waals surface area contributed by atoms with E-state index in [0.29, 0.717) is 6.04 Å². The lowest BCUT2D eigenvalue weighted by atomic mass is 9.86. The van der Waals surface area contributed by atoms with E-state index in [0.717, 1.165) is 19.3 Å². The van der Waals surface area contributed by atoms with Gasteiger partial charge in [0, 0.05) is 19.3 Å². The Morgan fingerprint density at radius 1 is 1.69 bits per heavy atom. The molecule has 2 N–H and O–H groups in total. The maximum absolute atomic E-state index is 5.68. The molecule has 0 atom stereocenters. The highest BCUT2D eigenvalue weighted by Gasteiger charge is 2.17. The summed E-state index contributed by atoms with van der Waals surface area (Å²) in [6.45, 7) is 0. The fourth-order valence-electron chi connectivity index (χ4n) is 1.62. The van der Waals surface area contributed by atoms with Crippen molar-refractivity contribution in [3.8, 4) is 0 Å². The van der Waals surface area contributed by atoms with Gasteiger partial charge in [-0.15, -0.1) is 0 Å². The van der Waals surface area contributed by atoms with Crippen LogP contribution in [0.3, 0.4) is 0 Å². The zero-order valence-corrected chi connectivity index (χ0v) is 7.90. The molecule has 1 aliphatic rings. The molecule has 1 heterocycles. The van der Waals surface area contributed by atoms with Crippen molar-refractivity contribution in [2.24, 2.45) is 12.8 Å². The lowest BCUT2D eigenvalue weighted by molar-refractivity contribution is 0.539. The van der Waals surface area contributed by atoms with E-state index in [1.54, 1.807) is 0 Å². The van der Waals surface area contributed by atoms with E-state index in [1.165, 1.54) is 11.1 Å². The van der Waals surface area contributed by atoms with Gasteiger partial charge in [-0.3, -0.25) is 4.68 Å². The van der Waals surface area contributed by atoms with Crippen LogP contribution in [-0.2, 0) is 13.5 Å². The van der Waals surface area contributed by atoms with Gasteiger partial charge in [-0.25, -0.2) is 0 Å². The van der Waals surface area contributed by atoms with Crippen LogP contribution in [0.1, 0.15) is 18.4 Å². The Morgan fingerprint density at radius 3 is 3.00 bits per heavy atom. The Balaban J connectivity index is 1.89. The lowest BCUT2D eigenvalue weighted by Crippen LogP contribution is -2.30. The molecule has 0 unspecified atom stereocenters. The van der Waals surface area contributed by atoms with Crippen molar-refractivity contribution in [3.63, 3.8) is 0 Å². The third-order valence-electron chi connectivity index (χ3n) is 2.43. The molecule has 0 saturated heterocycles. The standard InChI is InChI=1S/C10H15N3/c1-13-7-9(6-12-13)3-2-8-4-10(11)5-8/h2,6-7,10H,3-5,11H2,1H3. The van der Waals surface area contributed by atoms with E-state index < -0.39 is 0 Å². The largest absolute Gasteiger partial charge is 0.327 e. The smallest absolute Gasteiger partial charge is 0.0524 e. The molecule has 0 aliphatic heterocycles. The summed E-state index contributed by atoms with van der Waals surface area (Å²) in [4.78, 5) is 0. The summed E-state index contributed by atoms with van der Waals surface area (Å²) in [5, 5.41) is 4.12. The molecule has 13 heavy (non-hydrogen) atoms. The maximum Gasteiger partial charge on any atom is 0.0524 e. The number of allylic oxidation sites excluding steroid dienone is 1. The van der Waals surface area contributed by atoms with Crippen molar-refractivity contribution in [2.45, 2.75) is 25.3 Å². The Kier molecular flexibility index (Phi) is 2.19. The van der Waals surface area contributed by atoms with Crippen LogP contribution in [0.5, 0.6) is 0 Å². The van der Waals surface area contributed by atoms with Crippen molar-refractivity contribution in [3.05, 3.63) is 29.6 Å². The first-order valence-electron chi connectivity index (χ1n) is 4.65. The van der Waals surface area contributed by atoms with Gasteiger partial charge < -0.3 is 5.73 Å². The van der Waals surface area contributed by atoms with Gasteiger partial charge in [0.2, 0.25) is 0 Å². The van der Waals surface area contributed by atoms with Crippen LogP contribution in [0.15, 0.2) is 24.0 Å². The van der Waals surface area contributed by atoms with Gasteiger partial charge >= 0.3 is 0 Å². The molecule has 0 bridgehead atoms. The number of hydrogen-bond acceptors (Lipinski definition) is 2. The summed E-state index contributed by atoms with van der Waals surface area (Å²) >= 11 is 0. The molecule has 1 fully saturated rings. The lowest BCUT2D eigenvalue weighted by Gasteiger charge is -2.25. The summed E-state index contributed by atoms with van der Waals surface area (Å²) < 4.78 is 1.83. The number of rotatable bonds is 2. The van der Waals surface area contributed by atoms with E-state index in [2.05, 4.69) is 17.4 Å². The summed E-state index contributed by atoms with van der Waals surface area (Å²) in [7, 11) is 1.94. The molecule has 1 aromatic rings. The highest BCUT2D eigenvalue weighted by atomic mass is 15.2. The molecule has 70 valence electrons. The monoisotopic (exact) mass is 177 g/mol. The fourth-order valence-corrected chi connectivity index (χ4v) is 1.62. The first-order chi connectivity index (χ1) is 6.24. The zero-order chi connectivity index (χ0) is 9.26. The number of hydrogen-bond donors (Lipinski definition) is 1. The highest BCUT2D eigenvalue weighted by molar-refractivity contribution is 5.19. The summed E-state index contributed by atoms with van der Waals surface area (Å²) in [6.07, 6.45) is 9.40. The van der Waals surface area contributed by atoms with E-state index in [9.17, 15) is 0 Å². The number of aromatic nitrogens is 2. The van der Waals surface area contributed by atoms with Crippen LogP contribution in [0.4, 0.5) is 0 Å². The van der Waals surface area contributed by atoms with Crippen LogP contribution < -0.4 is 5.73 Å². The van der Waals surface area contributed by atoms with E-state index in [4.69, 9.17) is 5.73 Å². The van der Waals surface area contributed by atoms with Crippen LogP contribution >= 0.6 is 0 Å². The van der Waals surface area contributed by atoms with Crippen molar-refractivity contribution in [2.75, 3.05) is 0 Å². The third kappa shape index (κ3) is 1.98. The zero-order valence-electron chi connectivity index (χ0n) is 7.90. The van der Waals surface area contributed by atoms with Crippen molar-refractivity contribution in [1.82, 2.24) is 9.78 Å². The van der Waals surface area contributed by atoms with Crippen molar-refractivity contribution < 1.29 is 0 Å². The van der Waals surface area contributed by atoms with Gasteiger partial charge in [0.1, 0.15) is 0 Å². The summed E-state index contributed by atoms with van der Waals surface area (Å²) in [5.41, 5.74) is 8.45. The first kappa shape index (κ1) is 8.51. The number of nitrogens with two attached hydrogens (primary N) is 1. The molecule has 0 amide bonds. The second kappa shape index (κ2) is 3.34. The Morgan fingerprint density at radius 2 is 2.46 bits per heavy atom. The quantitative estimate of drug-likeness (QED) is 0.685. The molecule has 1 aromatic heterocycles. The third-order valence-corrected chi connectivity index (χ3v) is 2.43. The SMILES string of the molecule is Cn1cc(CC=C2CC(N)C2)cn1. The second-order valence-corrected chi connectivity index (χ2v) is 3.76. The van der Waals surface area contributed by atoms with E-state index in [1.807, 2.05) is 17.9 Å². The minimum absolute atomic E-state index is 0.417. The Bertz CT molecular complexity index is 317. The fraction of sp³-hybridized carbons (Fsp3) is 0.500. The maximum atomic E-state index is 5.68. The molecular weight excluding hydrogens is 162 g/mol. The minimum Gasteiger partial charge on any atom is -0.327 e. The van der Waals surface area contributed by atoms with Crippen LogP contribution in [-0.4, -0.2) is 15.8 Å². The molecule has 0 radical (unpaired) electrons. The highest BCUT2D eigenvalue weighted by Crippen LogP contribution is 2.24. The van der Waals surface area contributed by atoms with E-state index >= 15 is 0 Å². The number of nitrogens with zero attached hydrogens (tertiary/aromatic N) is 2. The molecular formula is C10H15N3. The average Bonchev–Trinajstić information content (AvgIpc) is 2.43.